The number of nitrogens with zero attached hydrogens (tertiary/aromatic N) is 5. The fourth-order valence-electron chi connectivity index (χ4n) is 3.65. The first-order valence-corrected chi connectivity index (χ1v) is 12.5. The Morgan fingerprint density at radius 2 is 1.92 bits per heavy atom. The summed E-state index contributed by atoms with van der Waals surface area (Å²) in [5.41, 5.74) is 7.42. The molecule has 0 radical (unpaired) electrons. The van der Waals surface area contributed by atoms with E-state index in [-0.39, 0.29) is 12.5 Å². The van der Waals surface area contributed by atoms with Crippen molar-refractivity contribution in [1.82, 2.24) is 29.5 Å². The highest BCUT2D eigenvalue weighted by molar-refractivity contribution is 7.77. The average Bonchev–Trinajstić information content (AvgIpc) is 3.47. The molecule has 11 nitrogen and oxygen atoms in total. The van der Waals surface area contributed by atoms with E-state index in [1.807, 2.05) is 48.5 Å². The monoisotopic (exact) mass is 511 g/mol. The third kappa shape index (κ3) is 6.21. The van der Waals surface area contributed by atoms with E-state index in [0.29, 0.717) is 30.9 Å². The van der Waals surface area contributed by atoms with Crippen LogP contribution in [0.4, 0.5) is 0 Å². The molecule has 4 aromatic rings. The number of carbonyl (C=O) groups is 1. The Kier molecular flexibility index (Phi) is 7.89. The van der Waals surface area contributed by atoms with Gasteiger partial charge in [-0.1, -0.05) is 48.5 Å². The van der Waals surface area contributed by atoms with Crippen LogP contribution in [0.25, 0.3) is 10.9 Å². The van der Waals surface area contributed by atoms with Crippen molar-refractivity contribution >= 4 is 28.1 Å². The average molecular weight is 512 g/mol. The maximum atomic E-state index is 12.6. The molecular weight excluding hydrogens is 482 g/mol. The number of hydrogen-bond donors (Lipinski definition) is 3. The molecule has 2 unspecified atom stereocenters. The Balaban J connectivity index is 1.46. The van der Waals surface area contributed by atoms with Crippen LogP contribution in [-0.4, -0.2) is 51.0 Å². The molecule has 0 spiro atoms. The molecule has 0 aliphatic rings. The van der Waals surface area contributed by atoms with E-state index >= 15 is 0 Å². The van der Waals surface area contributed by atoms with Gasteiger partial charge in [-0.2, -0.15) is 4.80 Å². The molecule has 4 rings (SSSR count). The SMILES string of the molecule is CC(C)(N)C(=O)NC(COCc1ccccc1)c1nnn(CCc2cn(S(=O)O)c3ccccc23)n1. The van der Waals surface area contributed by atoms with Crippen molar-refractivity contribution in [3.63, 3.8) is 0 Å². The Labute approximate surface area is 211 Å². The van der Waals surface area contributed by atoms with Gasteiger partial charge >= 0.3 is 0 Å². The molecule has 4 N–H and O–H groups in total. The van der Waals surface area contributed by atoms with E-state index in [9.17, 15) is 13.6 Å². The maximum absolute atomic E-state index is 12.6. The number of ether oxygens (including phenoxy) is 1. The third-order valence-corrected chi connectivity index (χ3v) is 6.22. The molecule has 0 saturated heterocycles. The summed E-state index contributed by atoms with van der Waals surface area (Å²) in [5.74, 6) is -0.0588. The topological polar surface area (TPSA) is 150 Å². The second kappa shape index (κ2) is 11.1. The number of aromatic nitrogens is 5. The van der Waals surface area contributed by atoms with E-state index in [1.54, 1.807) is 26.1 Å². The van der Waals surface area contributed by atoms with Crippen LogP contribution in [0.15, 0.2) is 60.8 Å². The lowest BCUT2D eigenvalue weighted by Gasteiger charge is -2.22. The quantitative estimate of drug-likeness (QED) is 0.259. The van der Waals surface area contributed by atoms with Crippen molar-refractivity contribution < 1.29 is 18.3 Å². The predicted octanol–water partition coefficient (Wildman–Crippen LogP) is 1.97. The molecular formula is C24H29N7O4S. The zero-order valence-corrected chi connectivity index (χ0v) is 20.9. The van der Waals surface area contributed by atoms with Crippen LogP contribution in [0.5, 0.6) is 0 Å². The third-order valence-electron chi connectivity index (χ3n) is 5.58. The van der Waals surface area contributed by atoms with Crippen LogP contribution in [-0.2, 0) is 40.4 Å². The molecule has 0 aliphatic heterocycles. The number of rotatable bonds is 11. The summed E-state index contributed by atoms with van der Waals surface area (Å²) in [7, 11) is 0. The fourth-order valence-corrected chi connectivity index (χ4v) is 4.20. The first-order valence-electron chi connectivity index (χ1n) is 11.4. The highest BCUT2D eigenvalue weighted by atomic mass is 32.2. The van der Waals surface area contributed by atoms with Gasteiger partial charge in [0.25, 0.3) is 11.3 Å². The summed E-state index contributed by atoms with van der Waals surface area (Å²) >= 11 is -2.16. The number of aryl methyl sites for hydroxylation is 2. The fraction of sp³-hybridized carbons (Fsp3) is 0.333. The molecule has 2 atom stereocenters. The Morgan fingerprint density at radius 3 is 2.64 bits per heavy atom. The second-order valence-electron chi connectivity index (χ2n) is 8.97. The molecule has 2 aromatic heterocycles. The number of hydrogen-bond acceptors (Lipinski definition) is 7. The number of fused-ring (bicyclic) bond motifs is 1. The Morgan fingerprint density at radius 1 is 1.19 bits per heavy atom. The van der Waals surface area contributed by atoms with E-state index in [0.717, 1.165) is 16.5 Å². The number of benzene rings is 2. The number of para-hydroxylation sites is 1. The molecule has 1 amide bonds. The molecule has 0 saturated carbocycles. The molecule has 0 bridgehead atoms. The highest BCUT2D eigenvalue weighted by Gasteiger charge is 2.28. The second-order valence-corrected chi connectivity index (χ2v) is 9.82. The number of tetrazole rings is 1. The molecule has 12 heteroatoms. The van der Waals surface area contributed by atoms with Crippen molar-refractivity contribution in [2.24, 2.45) is 5.73 Å². The number of carbonyl (C=O) groups excluding carboxylic acids is 1. The number of nitrogens with two attached hydrogens (primary N) is 1. The summed E-state index contributed by atoms with van der Waals surface area (Å²) in [5, 5.41) is 16.5. The summed E-state index contributed by atoms with van der Waals surface area (Å²) in [6, 6.07) is 16.4. The minimum atomic E-state index is -2.16. The number of amides is 1. The van der Waals surface area contributed by atoms with Gasteiger partial charge in [-0.3, -0.25) is 9.35 Å². The van der Waals surface area contributed by atoms with Crippen LogP contribution >= 0.6 is 0 Å². The van der Waals surface area contributed by atoms with Crippen molar-refractivity contribution in [3.05, 3.63) is 77.7 Å². The molecule has 0 aliphatic carbocycles. The molecule has 2 heterocycles. The molecule has 0 fully saturated rings. The maximum Gasteiger partial charge on any atom is 0.266 e. The predicted molar refractivity (Wildman–Crippen MR) is 135 cm³/mol. The lowest BCUT2D eigenvalue weighted by atomic mass is 10.1. The van der Waals surface area contributed by atoms with Crippen molar-refractivity contribution in [2.75, 3.05) is 6.61 Å². The minimum absolute atomic E-state index is 0.137. The first kappa shape index (κ1) is 25.6. The van der Waals surface area contributed by atoms with E-state index in [4.69, 9.17) is 10.5 Å². The minimum Gasteiger partial charge on any atom is -0.374 e. The summed E-state index contributed by atoms with van der Waals surface area (Å²) in [4.78, 5) is 14.0. The summed E-state index contributed by atoms with van der Waals surface area (Å²) < 4.78 is 28.4. The zero-order valence-electron chi connectivity index (χ0n) is 20.1. The van der Waals surface area contributed by atoms with Crippen LogP contribution in [0.2, 0.25) is 0 Å². The van der Waals surface area contributed by atoms with Crippen LogP contribution in [0.3, 0.4) is 0 Å². The lowest BCUT2D eigenvalue weighted by Crippen LogP contribution is -2.50. The first-order chi connectivity index (χ1) is 17.2. The largest absolute Gasteiger partial charge is 0.374 e. The number of nitrogens with one attached hydrogen (secondary N) is 1. The Bertz CT molecular complexity index is 1350. The van der Waals surface area contributed by atoms with Gasteiger partial charge in [0.1, 0.15) is 6.04 Å². The van der Waals surface area contributed by atoms with Gasteiger partial charge in [0.2, 0.25) is 5.91 Å². The lowest BCUT2D eigenvalue weighted by molar-refractivity contribution is -0.126. The standard InChI is InChI=1S/C24H29N7O4S/c1-24(2,25)23(32)26-20(16-35-15-17-8-4-3-5-9-17)22-27-29-31(28-22)13-12-18-14-30(36(33)34)21-11-7-6-10-19(18)21/h3-11,14,20H,12-13,15-16,25H2,1-2H3,(H,26,32)(H,33,34). The van der Waals surface area contributed by atoms with E-state index < -0.39 is 22.8 Å². The molecule has 2 aromatic carbocycles. The van der Waals surface area contributed by atoms with Gasteiger partial charge in [-0.15, -0.1) is 10.2 Å². The van der Waals surface area contributed by atoms with Gasteiger partial charge in [-0.05, 0) is 42.7 Å². The van der Waals surface area contributed by atoms with E-state index in [1.165, 1.54) is 8.77 Å². The van der Waals surface area contributed by atoms with Gasteiger partial charge in [0, 0.05) is 11.6 Å². The van der Waals surface area contributed by atoms with Crippen molar-refractivity contribution in [3.8, 4) is 0 Å². The summed E-state index contributed by atoms with van der Waals surface area (Å²) in [6.45, 7) is 4.11. The van der Waals surface area contributed by atoms with Crippen molar-refractivity contribution in [1.29, 1.82) is 0 Å². The van der Waals surface area contributed by atoms with Gasteiger partial charge in [0.05, 0.1) is 30.8 Å². The highest BCUT2D eigenvalue weighted by Crippen LogP contribution is 2.22. The van der Waals surface area contributed by atoms with Gasteiger partial charge in [0.15, 0.2) is 5.82 Å². The molecule has 190 valence electrons. The smallest absolute Gasteiger partial charge is 0.266 e. The molecule has 36 heavy (non-hydrogen) atoms. The van der Waals surface area contributed by atoms with E-state index in [2.05, 4.69) is 20.7 Å². The van der Waals surface area contributed by atoms with Crippen LogP contribution < -0.4 is 11.1 Å². The Hall–Kier alpha value is -3.45. The summed E-state index contributed by atoms with van der Waals surface area (Å²) in [6.07, 6.45) is 2.17. The van der Waals surface area contributed by atoms with Gasteiger partial charge < -0.3 is 15.8 Å². The zero-order chi connectivity index (χ0) is 25.7. The van der Waals surface area contributed by atoms with Crippen molar-refractivity contribution in [2.45, 2.75) is 45.0 Å². The van der Waals surface area contributed by atoms with Crippen LogP contribution in [0, 0.1) is 0 Å². The normalized spacial score (nSPS) is 13.6. The van der Waals surface area contributed by atoms with Crippen LogP contribution in [0.1, 0.15) is 36.8 Å². The van der Waals surface area contributed by atoms with Gasteiger partial charge in [-0.25, -0.2) is 8.18 Å².